The third-order valence-electron chi connectivity index (χ3n) is 5.40. The Balaban J connectivity index is 2.06. The molecule has 0 heterocycles. The van der Waals surface area contributed by atoms with Gasteiger partial charge in [-0.3, -0.25) is 13.9 Å². The van der Waals surface area contributed by atoms with Crippen LogP contribution < -0.4 is 9.62 Å². The number of hydrogen-bond acceptors (Lipinski definition) is 4. The number of anilines is 1. The van der Waals surface area contributed by atoms with E-state index in [2.05, 4.69) is 5.32 Å². The molecule has 33 heavy (non-hydrogen) atoms. The van der Waals surface area contributed by atoms with E-state index in [0.717, 1.165) is 18.2 Å². The highest BCUT2D eigenvalue weighted by Gasteiger charge is 2.26. The second-order valence-corrected chi connectivity index (χ2v) is 9.97. The fourth-order valence-corrected chi connectivity index (χ4v) is 4.53. The van der Waals surface area contributed by atoms with Gasteiger partial charge in [-0.1, -0.05) is 55.5 Å². The maximum atomic E-state index is 13.1. The molecule has 0 spiro atoms. The van der Waals surface area contributed by atoms with Crippen LogP contribution >= 0.6 is 0 Å². The highest BCUT2D eigenvalue weighted by Crippen LogP contribution is 2.18. The standard InChI is InChI=1S/C25H35N3O4S/c1-4-18-26-25(30)21(2)27(20-17-22-12-7-5-8-13-22)24(29)16-11-19-28(33(3,31)32)23-14-9-6-10-15-23/h5-10,12-15,21H,4,11,16-20H2,1-3H3,(H,26,30). The molecule has 0 aliphatic carbocycles. The summed E-state index contributed by atoms with van der Waals surface area (Å²) in [6.45, 7) is 4.88. The van der Waals surface area contributed by atoms with E-state index in [4.69, 9.17) is 0 Å². The minimum atomic E-state index is -3.48. The van der Waals surface area contributed by atoms with Gasteiger partial charge in [-0.05, 0) is 43.9 Å². The normalized spacial score (nSPS) is 12.1. The number of para-hydroxylation sites is 1. The Morgan fingerprint density at radius 1 is 0.970 bits per heavy atom. The summed E-state index contributed by atoms with van der Waals surface area (Å²) in [6, 6.07) is 18.1. The molecule has 180 valence electrons. The Bertz CT molecular complexity index is 981. The van der Waals surface area contributed by atoms with Crippen LogP contribution in [-0.4, -0.2) is 57.1 Å². The Hall–Kier alpha value is -2.87. The first-order valence-corrected chi connectivity index (χ1v) is 13.2. The van der Waals surface area contributed by atoms with Crippen LogP contribution in [0.2, 0.25) is 0 Å². The van der Waals surface area contributed by atoms with Gasteiger partial charge in [0.25, 0.3) is 0 Å². The van der Waals surface area contributed by atoms with E-state index in [1.54, 1.807) is 36.1 Å². The van der Waals surface area contributed by atoms with Crippen molar-refractivity contribution in [1.82, 2.24) is 10.2 Å². The number of rotatable bonds is 13. The topological polar surface area (TPSA) is 86.8 Å². The minimum absolute atomic E-state index is 0.152. The van der Waals surface area contributed by atoms with Crippen LogP contribution in [0.5, 0.6) is 0 Å². The second kappa shape index (κ2) is 13.0. The maximum Gasteiger partial charge on any atom is 0.242 e. The highest BCUT2D eigenvalue weighted by atomic mass is 32.2. The van der Waals surface area contributed by atoms with Gasteiger partial charge in [-0.25, -0.2) is 8.42 Å². The summed E-state index contributed by atoms with van der Waals surface area (Å²) in [7, 11) is -3.48. The molecule has 0 saturated carbocycles. The van der Waals surface area contributed by atoms with E-state index < -0.39 is 16.1 Å². The lowest BCUT2D eigenvalue weighted by molar-refractivity contribution is -0.139. The van der Waals surface area contributed by atoms with Gasteiger partial charge in [0.15, 0.2) is 0 Å². The monoisotopic (exact) mass is 473 g/mol. The lowest BCUT2D eigenvalue weighted by atomic mass is 10.1. The molecule has 0 aromatic heterocycles. The van der Waals surface area contributed by atoms with Crippen molar-refractivity contribution >= 4 is 27.5 Å². The first-order valence-electron chi connectivity index (χ1n) is 11.4. The van der Waals surface area contributed by atoms with Gasteiger partial charge < -0.3 is 10.2 Å². The van der Waals surface area contributed by atoms with Crippen LogP contribution in [0.4, 0.5) is 5.69 Å². The van der Waals surface area contributed by atoms with E-state index in [0.29, 0.717) is 31.6 Å². The zero-order chi connectivity index (χ0) is 24.3. The first kappa shape index (κ1) is 26.4. The molecule has 0 radical (unpaired) electrons. The molecule has 0 fully saturated rings. The summed E-state index contributed by atoms with van der Waals surface area (Å²) in [5.41, 5.74) is 1.66. The van der Waals surface area contributed by atoms with Crippen LogP contribution in [0, 0.1) is 0 Å². The van der Waals surface area contributed by atoms with Crippen molar-refractivity contribution in [2.24, 2.45) is 0 Å². The fourth-order valence-electron chi connectivity index (χ4n) is 3.56. The molecule has 0 bridgehead atoms. The first-order chi connectivity index (χ1) is 15.7. The Morgan fingerprint density at radius 2 is 1.58 bits per heavy atom. The quantitative estimate of drug-likeness (QED) is 0.484. The Labute approximate surface area is 197 Å². The summed E-state index contributed by atoms with van der Waals surface area (Å²) in [4.78, 5) is 27.3. The largest absolute Gasteiger partial charge is 0.354 e. The van der Waals surface area contributed by atoms with Gasteiger partial charge >= 0.3 is 0 Å². The number of nitrogens with zero attached hydrogens (tertiary/aromatic N) is 2. The van der Waals surface area contributed by atoms with E-state index >= 15 is 0 Å². The predicted molar refractivity (Wildman–Crippen MR) is 132 cm³/mol. The van der Waals surface area contributed by atoms with Crippen LogP contribution in [0.15, 0.2) is 60.7 Å². The van der Waals surface area contributed by atoms with Crippen molar-refractivity contribution in [3.63, 3.8) is 0 Å². The van der Waals surface area contributed by atoms with E-state index in [9.17, 15) is 18.0 Å². The van der Waals surface area contributed by atoms with Gasteiger partial charge in [0.05, 0.1) is 11.9 Å². The maximum absolute atomic E-state index is 13.1. The molecule has 7 nitrogen and oxygen atoms in total. The summed E-state index contributed by atoms with van der Waals surface area (Å²) < 4.78 is 25.9. The van der Waals surface area contributed by atoms with Crippen LogP contribution in [-0.2, 0) is 26.0 Å². The number of hydrogen-bond donors (Lipinski definition) is 1. The van der Waals surface area contributed by atoms with Crippen molar-refractivity contribution in [1.29, 1.82) is 0 Å². The number of nitrogens with one attached hydrogen (secondary N) is 1. The van der Waals surface area contributed by atoms with Gasteiger partial charge in [0, 0.05) is 26.1 Å². The van der Waals surface area contributed by atoms with Gasteiger partial charge in [-0.15, -0.1) is 0 Å². The van der Waals surface area contributed by atoms with E-state index in [-0.39, 0.29) is 24.8 Å². The molecule has 1 N–H and O–H groups in total. The molecule has 2 aromatic carbocycles. The molecule has 0 aliphatic heterocycles. The third-order valence-corrected chi connectivity index (χ3v) is 6.59. The van der Waals surface area contributed by atoms with Crippen molar-refractivity contribution in [2.75, 3.05) is 30.2 Å². The summed E-state index contributed by atoms with van der Waals surface area (Å²) in [5, 5.41) is 2.86. The average molecular weight is 474 g/mol. The molecule has 2 amide bonds. The molecule has 2 rings (SSSR count). The number of sulfonamides is 1. The Morgan fingerprint density at radius 3 is 2.15 bits per heavy atom. The number of amides is 2. The van der Waals surface area contributed by atoms with Crippen molar-refractivity contribution < 1.29 is 18.0 Å². The molecule has 2 aromatic rings. The predicted octanol–water partition coefficient (Wildman–Crippen LogP) is 3.22. The van der Waals surface area contributed by atoms with E-state index in [1.165, 1.54) is 4.31 Å². The average Bonchev–Trinajstić information content (AvgIpc) is 2.80. The zero-order valence-corrected chi connectivity index (χ0v) is 20.6. The summed E-state index contributed by atoms with van der Waals surface area (Å²) >= 11 is 0. The highest BCUT2D eigenvalue weighted by molar-refractivity contribution is 7.92. The molecular formula is C25H35N3O4S. The van der Waals surface area contributed by atoms with Gasteiger partial charge in [-0.2, -0.15) is 0 Å². The van der Waals surface area contributed by atoms with Crippen LogP contribution in [0.3, 0.4) is 0 Å². The molecule has 0 aliphatic rings. The van der Waals surface area contributed by atoms with Crippen LogP contribution in [0.1, 0.15) is 38.7 Å². The van der Waals surface area contributed by atoms with Crippen molar-refractivity contribution in [3.05, 3.63) is 66.2 Å². The number of benzene rings is 2. The second-order valence-electron chi connectivity index (χ2n) is 8.06. The fraction of sp³-hybridized carbons (Fsp3) is 0.440. The minimum Gasteiger partial charge on any atom is -0.354 e. The number of carbonyl (C=O) groups is 2. The summed E-state index contributed by atoms with van der Waals surface area (Å²) in [6.07, 6.45) is 3.12. The smallest absolute Gasteiger partial charge is 0.242 e. The van der Waals surface area contributed by atoms with E-state index in [1.807, 2.05) is 43.3 Å². The number of carbonyl (C=O) groups excluding carboxylic acids is 2. The van der Waals surface area contributed by atoms with Gasteiger partial charge in [0.1, 0.15) is 6.04 Å². The van der Waals surface area contributed by atoms with Gasteiger partial charge in [0.2, 0.25) is 21.8 Å². The lowest BCUT2D eigenvalue weighted by Gasteiger charge is -2.29. The molecule has 0 saturated heterocycles. The summed E-state index contributed by atoms with van der Waals surface area (Å²) in [5.74, 6) is -0.341. The molecule has 8 heteroatoms. The zero-order valence-electron chi connectivity index (χ0n) is 19.7. The SMILES string of the molecule is CCCNC(=O)C(C)N(CCc1ccccc1)C(=O)CCCN(c1ccccc1)S(C)(=O)=O. The van der Waals surface area contributed by atoms with Crippen molar-refractivity contribution in [3.8, 4) is 0 Å². The lowest BCUT2D eigenvalue weighted by Crippen LogP contribution is -2.49. The molecular weight excluding hydrogens is 438 g/mol. The van der Waals surface area contributed by atoms with Crippen molar-refractivity contribution in [2.45, 2.75) is 45.6 Å². The third kappa shape index (κ3) is 8.53. The Kier molecular flexibility index (Phi) is 10.4. The molecule has 1 unspecified atom stereocenters. The molecule has 1 atom stereocenters. The van der Waals surface area contributed by atoms with Crippen LogP contribution in [0.25, 0.3) is 0 Å².